The zero-order valence-corrected chi connectivity index (χ0v) is 10.2. The van der Waals surface area contributed by atoms with Crippen LogP contribution in [0.5, 0.6) is 0 Å². The normalized spacial score (nSPS) is 9.67. The second-order valence-corrected chi connectivity index (χ2v) is 3.64. The number of methoxy groups -OCH3 is 1. The van der Waals surface area contributed by atoms with Crippen molar-refractivity contribution < 1.29 is 14.3 Å². The minimum atomic E-state index is -0.554. The highest BCUT2D eigenvalue weighted by Crippen LogP contribution is 2.15. The van der Waals surface area contributed by atoms with Crippen molar-refractivity contribution in [1.82, 2.24) is 0 Å². The molecule has 0 atom stereocenters. The minimum Gasteiger partial charge on any atom is -0.453 e. The summed E-state index contributed by atoms with van der Waals surface area (Å²) in [7, 11) is 1.29. The Morgan fingerprint density at radius 2 is 1.94 bits per heavy atom. The van der Waals surface area contributed by atoms with Crippen molar-refractivity contribution in [3.63, 3.8) is 0 Å². The van der Waals surface area contributed by atoms with E-state index >= 15 is 0 Å². The molecule has 2 amide bonds. The first-order valence-corrected chi connectivity index (χ1v) is 5.60. The smallest absolute Gasteiger partial charge is 0.411 e. The molecular formula is C12H17N3O3. The van der Waals surface area contributed by atoms with E-state index in [4.69, 9.17) is 5.73 Å². The number of benzene rings is 1. The van der Waals surface area contributed by atoms with Crippen LogP contribution in [0.3, 0.4) is 0 Å². The van der Waals surface area contributed by atoms with Crippen molar-refractivity contribution in [2.45, 2.75) is 12.8 Å². The quantitative estimate of drug-likeness (QED) is 0.740. The average molecular weight is 251 g/mol. The van der Waals surface area contributed by atoms with Crippen LogP contribution in [0.1, 0.15) is 12.8 Å². The van der Waals surface area contributed by atoms with E-state index in [2.05, 4.69) is 15.4 Å². The summed E-state index contributed by atoms with van der Waals surface area (Å²) in [5.74, 6) is -0.101. The Morgan fingerprint density at radius 1 is 1.28 bits per heavy atom. The molecule has 0 aliphatic rings. The van der Waals surface area contributed by atoms with Crippen LogP contribution in [0.25, 0.3) is 0 Å². The van der Waals surface area contributed by atoms with Crippen LogP contribution >= 0.6 is 0 Å². The summed E-state index contributed by atoms with van der Waals surface area (Å²) in [6.45, 7) is 0.483. The summed E-state index contributed by atoms with van der Waals surface area (Å²) in [5, 5.41) is 5.24. The Bertz CT molecular complexity index is 421. The van der Waals surface area contributed by atoms with Gasteiger partial charge in [-0.3, -0.25) is 10.1 Å². The van der Waals surface area contributed by atoms with Crippen molar-refractivity contribution >= 4 is 23.4 Å². The van der Waals surface area contributed by atoms with Gasteiger partial charge >= 0.3 is 6.09 Å². The lowest BCUT2D eigenvalue weighted by Crippen LogP contribution is -2.14. The Hall–Kier alpha value is -2.08. The maximum atomic E-state index is 11.5. The predicted octanol–water partition coefficient (Wildman–Crippen LogP) is 1.54. The van der Waals surface area contributed by atoms with Crippen LogP contribution in [0.4, 0.5) is 16.2 Å². The molecule has 0 aliphatic heterocycles. The van der Waals surface area contributed by atoms with E-state index in [-0.39, 0.29) is 5.91 Å². The van der Waals surface area contributed by atoms with E-state index in [1.165, 1.54) is 7.11 Å². The maximum absolute atomic E-state index is 11.5. The molecule has 0 saturated carbocycles. The Balaban J connectivity index is 2.59. The number of carbonyl (C=O) groups is 2. The predicted molar refractivity (Wildman–Crippen MR) is 69.4 cm³/mol. The van der Waals surface area contributed by atoms with Gasteiger partial charge in [0.2, 0.25) is 5.91 Å². The second-order valence-electron chi connectivity index (χ2n) is 3.64. The second kappa shape index (κ2) is 7.29. The summed E-state index contributed by atoms with van der Waals surface area (Å²) in [6.07, 6.45) is 0.471. The molecular weight excluding hydrogens is 234 g/mol. The number of ether oxygens (including phenoxy) is 1. The molecule has 0 aromatic heterocycles. The van der Waals surface area contributed by atoms with Crippen molar-refractivity contribution in [1.29, 1.82) is 0 Å². The zero-order valence-electron chi connectivity index (χ0n) is 10.2. The van der Waals surface area contributed by atoms with Crippen molar-refractivity contribution in [2.24, 2.45) is 5.73 Å². The van der Waals surface area contributed by atoms with Gasteiger partial charge in [-0.05, 0) is 31.2 Å². The number of rotatable bonds is 5. The van der Waals surface area contributed by atoms with Gasteiger partial charge in [-0.2, -0.15) is 0 Å². The number of nitrogens with two attached hydrogens (primary N) is 1. The SMILES string of the molecule is COC(=O)Nc1cccc(NC(=O)CCCN)c1. The minimum absolute atomic E-state index is 0.101. The van der Waals surface area contributed by atoms with Gasteiger partial charge < -0.3 is 15.8 Å². The summed E-state index contributed by atoms with van der Waals surface area (Å²) in [6, 6.07) is 6.82. The summed E-state index contributed by atoms with van der Waals surface area (Å²) in [4.78, 5) is 22.5. The van der Waals surface area contributed by atoms with Gasteiger partial charge in [0.05, 0.1) is 7.11 Å². The van der Waals surface area contributed by atoms with Gasteiger partial charge in [0, 0.05) is 17.8 Å². The number of hydrogen-bond donors (Lipinski definition) is 3. The van der Waals surface area contributed by atoms with E-state index in [9.17, 15) is 9.59 Å². The Morgan fingerprint density at radius 3 is 2.56 bits per heavy atom. The first-order valence-electron chi connectivity index (χ1n) is 5.60. The summed E-state index contributed by atoms with van der Waals surface area (Å²) in [5.41, 5.74) is 6.49. The van der Waals surface area contributed by atoms with E-state index in [1.54, 1.807) is 24.3 Å². The lowest BCUT2D eigenvalue weighted by molar-refractivity contribution is -0.116. The highest BCUT2D eigenvalue weighted by atomic mass is 16.5. The average Bonchev–Trinajstić information content (AvgIpc) is 2.36. The number of amides is 2. The summed E-state index contributed by atoms with van der Waals surface area (Å²) < 4.78 is 4.48. The zero-order chi connectivity index (χ0) is 13.4. The van der Waals surface area contributed by atoms with Gasteiger partial charge in [-0.15, -0.1) is 0 Å². The molecule has 1 aromatic rings. The maximum Gasteiger partial charge on any atom is 0.411 e. The number of anilines is 2. The standard InChI is InChI=1S/C12H17N3O3/c1-18-12(17)15-10-5-2-4-9(8-10)14-11(16)6-3-7-13/h2,4-5,8H,3,6-7,13H2,1H3,(H,14,16)(H,15,17). The summed E-state index contributed by atoms with van der Waals surface area (Å²) >= 11 is 0. The lowest BCUT2D eigenvalue weighted by atomic mass is 10.2. The molecule has 0 saturated heterocycles. The molecule has 6 heteroatoms. The molecule has 6 nitrogen and oxygen atoms in total. The van der Waals surface area contributed by atoms with Gasteiger partial charge in [0.1, 0.15) is 0 Å². The third-order valence-electron chi connectivity index (χ3n) is 2.19. The molecule has 0 radical (unpaired) electrons. The molecule has 1 aromatic carbocycles. The van der Waals surface area contributed by atoms with Gasteiger partial charge in [-0.25, -0.2) is 4.79 Å². The van der Waals surface area contributed by atoms with Crippen LogP contribution in [0.15, 0.2) is 24.3 Å². The fourth-order valence-electron chi connectivity index (χ4n) is 1.33. The highest BCUT2D eigenvalue weighted by molar-refractivity contribution is 5.92. The third kappa shape index (κ3) is 4.84. The van der Waals surface area contributed by atoms with Crippen molar-refractivity contribution in [3.8, 4) is 0 Å². The van der Waals surface area contributed by atoms with E-state index in [0.717, 1.165) is 0 Å². The molecule has 98 valence electrons. The van der Waals surface area contributed by atoms with Crippen LogP contribution in [0.2, 0.25) is 0 Å². The molecule has 4 N–H and O–H groups in total. The number of nitrogens with one attached hydrogen (secondary N) is 2. The molecule has 0 unspecified atom stereocenters. The van der Waals surface area contributed by atoms with Crippen LogP contribution in [-0.4, -0.2) is 25.7 Å². The monoisotopic (exact) mass is 251 g/mol. The van der Waals surface area contributed by atoms with E-state index in [0.29, 0.717) is 30.8 Å². The van der Waals surface area contributed by atoms with Crippen LogP contribution in [-0.2, 0) is 9.53 Å². The molecule has 0 heterocycles. The largest absolute Gasteiger partial charge is 0.453 e. The topological polar surface area (TPSA) is 93.5 Å². The van der Waals surface area contributed by atoms with E-state index in [1.807, 2.05) is 0 Å². The van der Waals surface area contributed by atoms with Crippen LogP contribution < -0.4 is 16.4 Å². The molecule has 0 aliphatic carbocycles. The number of hydrogen-bond acceptors (Lipinski definition) is 4. The van der Waals surface area contributed by atoms with E-state index < -0.39 is 6.09 Å². The van der Waals surface area contributed by atoms with Crippen molar-refractivity contribution in [3.05, 3.63) is 24.3 Å². The first kappa shape index (κ1) is 14.0. The fraction of sp³-hybridized carbons (Fsp3) is 0.333. The van der Waals surface area contributed by atoms with Gasteiger partial charge in [0.25, 0.3) is 0 Å². The number of carbonyl (C=O) groups excluding carboxylic acids is 2. The molecule has 0 fully saturated rings. The highest BCUT2D eigenvalue weighted by Gasteiger charge is 2.04. The first-order chi connectivity index (χ1) is 8.65. The third-order valence-corrected chi connectivity index (χ3v) is 2.19. The van der Waals surface area contributed by atoms with Crippen molar-refractivity contribution in [2.75, 3.05) is 24.3 Å². The van der Waals surface area contributed by atoms with Gasteiger partial charge in [0.15, 0.2) is 0 Å². The molecule has 0 spiro atoms. The lowest BCUT2D eigenvalue weighted by Gasteiger charge is -2.07. The Labute approximate surface area is 105 Å². The molecule has 18 heavy (non-hydrogen) atoms. The Kier molecular flexibility index (Phi) is 5.66. The molecule has 0 bridgehead atoms. The molecule has 1 rings (SSSR count). The fourth-order valence-corrected chi connectivity index (χ4v) is 1.33. The van der Waals surface area contributed by atoms with Crippen LogP contribution in [0, 0.1) is 0 Å². The van der Waals surface area contributed by atoms with Gasteiger partial charge in [-0.1, -0.05) is 6.07 Å².